The normalized spacial score (nSPS) is 18.2. The van der Waals surface area contributed by atoms with Crippen LogP contribution < -0.4 is 14.8 Å². The van der Waals surface area contributed by atoms with Crippen LogP contribution in [0.4, 0.5) is 0 Å². The number of carboxylic acids is 1. The van der Waals surface area contributed by atoms with E-state index in [2.05, 4.69) is 10.2 Å². The van der Waals surface area contributed by atoms with E-state index in [0.717, 1.165) is 43.7 Å². The lowest BCUT2D eigenvalue weighted by Crippen LogP contribution is -2.49. The lowest BCUT2D eigenvalue weighted by Gasteiger charge is -2.39. The third-order valence-electron chi connectivity index (χ3n) is 6.52. The molecule has 0 radical (unpaired) electrons. The first kappa shape index (κ1) is 26.0. The Kier molecular flexibility index (Phi) is 7.89. The molecule has 2 aliphatic rings. The van der Waals surface area contributed by atoms with Gasteiger partial charge in [0.25, 0.3) is 5.91 Å². The summed E-state index contributed by atoms with van der Waals surface area (Å²) in [6.45, 7) is 0.887. The average Bonchev–Trinajstić information content (AvgIpc) is 3.19. The molecule has 36 heavy (non-hydrogen) atoms. The highest BCUT2D eigenvalue weighted by molar-refractivity contribution is 6.30. The average molecular weight is 521 g/mol. The number of carbonyl (C=O) groups excluding carboxylic acids is 1. The number of aliphatic hydroxyl groups excluding tert-OH is 2. The fourth-order valence-electron chi connectivity index (χ4n) is 4.60. The lowest BCUT2D eigenvalue weighted by atomic mass is 9.87. The molecule has 0 bridgehead atoms. The van der Waals surface area contributed by atoms with Crippen molar-refractivity contribution in [2.75, 3.05) is 32.8 Å². The minimum atomic E-state index is -1.49. The topological polar surface area (TPSA) is 149 Å². The van der Waals surface area contributed by atoms with Crippen molar-refractivity contribution in [1.82, 2.24) is 10.2 Å². The zero-order valence-electron chi connectivity index (χ0n) is 19.5. The first-order valence-corrected chi connectivity index (χ1v) is 12.0. The van der Waals surface area contributed by atoms with Gasteiger partial charge in [0.15, 0.2) is 6.04 Å². The van der Waals surface area contributed by atoms with Crippen LogP contribution in [-0.2, 0) is 11.2 Å². The highest BCUT2D eigenvalue weighted by Crippen LogP contribution is 2.42. The molecule has 2 atom stereocenters. The Hall–Kier alpha value is -3.05. The van der Waals surface area contributed by atoms with Gasteiger partial charge in [-0.2, -0.15) is 0 Å². The largest absolute Gasteiger partial charge is 0.508 e. The Morgan fingerprint density at radius 2 is 1.94 bits per heavy atom. The van der Waals surface area contributed by atoms with E-state index in [1.807, 2.05) is 18.2 Å². The van der Waals surface area contributed by atoms with Crippen molar-refractivity contribution in [1.29, 1.82) is 0 Å². The van der Waals surface area contributed by atoms with Crippen molar-refractivity contribution in [2.45, 2.75) is 37.0 Å². The SMILES string of the molecule is O=C(NC(CO)C(=O)O)c1ccc(O)cc1OC[C@@H](O)CN1CCC2(CC1)Cc1cc(Cl)ccc1O2. The van der Waals surface area contributed by atoms with E-state index in [1.54, 1.807) is 0 Å². The second kappa shape index (κ2) is 10.9. The van der Waals surface area contributed by atoms with E-state index in [4.69, 9.17) is 31.3 Å². The van der Waals surface area contributed by atoms with Crippen molar-refractivity contribution < 1.29 is 39.5 Å². The van der Waals surface area contributed by atoms with E-state index >= 15 is 0 Å². The number of phenolic OH excluding ortho intramolecular Hbond substituents is 1. The van der Waals surface area contributed by atoms with Crippen molar-refractivity contribution in [3.63, 3.8) is 0 Å². The molecule has 1 fully saturated rings. The molecular formula is C25H29ClN2O8. The minimum absolute atomic E-state index is 0.0120. The molecular weight excluding hydrogens is 492 g/mol. The molecule has 5 N–H and O–H groups in total. The number of carboxylic acid groups (broad SMARTS) is 1. The number of nitrogens with zero attached hydrogens (tertiary/aromatic N) is 1. The van der Waals surface area contributed by atoms with Gasteiger partial charge >= 0.3 is 5.97 Å². The van der Waals surface area contributed by atoms with Gasteiger partial charge in [0.2, 0.25) is 0 Å². The van der Waals surface area contributed by atoms with Gasteiger partial charge in [-0.05, 0) is 35.9 Å². The molecule has 4 rings (SSSR count). The molecule has 10 nitrogen and oxygen atoms in total. The maximum absolute atomic E-state index is 12.5. The lowest BCUT2D eigenvalue weighted by molar-refractivity contribution is -0.140. The number of carbonyl (C=O) groups is 2. The summed E-state index contributed by atoms with van der Waals surface area (Å²) in [6, 6.07) is 7.93. The Balaban J connectivity index is 1.29. The maximum atomic E-state index is 12.5. The third kappa shape index (κ3) is 6.01. The summed E-state index contributed by atoms with van der Waals surface area (Å²) in [6.07, 6.45) is 1.55. The number of benzene rings is 2. The van der Waals surface area contributed by atoms with Crippen LogP contribution in [0.25, 0.3) is 0 Å². The number of aliphatic hydroxyl groups is 2. The van der Waals surface area contributed by atoms with Gasteiger partial charge in [-0.1, -0.05) is 11.6 Å². The predicted molar refractivity (Wildman–Crippen MR) is 130 cm³/mol. The number of fused-ring (bicyclic) bond motifs is 1. The summed E-state index contributed by atoms with van der Waals surface area (Å²) in [5.41, 5.74) is 0.832. The quantitative estimate of drug-likeness (QED) is 0.331. The van der Waals surface area contributed by atoms with E-state index in [1.165, 1.54) is 18.2 Å². The number of rotatable bonds is 9. The number of halogens is 1. The summed E-state index contributed by atoms with van der Waals surface area (Å²) in [4.78, 5) is 25.7. The molecule has 2 aromatic carbocycles. The highest BCUT2D eigenvalue weighted by atomic mass is 35.5. The highest BCUT2D eigenvalue weighted by Gasteiger charge is 2.42. The number of hydrogen-bond donors (Lipinski definition) is 5. The maximum Gasteiger partial charge on any atom is 0.328 e. The van der Waals surface area contributed by atoms with Crippen LogP contribution in [0, 0.1) is 0 Å². The van der Waals surface area contributed by atoms with Crippen LogP contribution in [0.5, 0.6) is 17.2 Å². The number of nitrogens with one attached hydrogen (secondary N) is 1. The van der Waals surface area contributed by atoms with E-state index in [0.29, 0.717) is 11.6 Å². The molecule has 2 aliphatic heterocycles. The summed E-state index contributed by atoms with van der Waals surface area (Å²) in [5, 5.41) is 41.4. The van der Waals surface area contributed by atoms with Crippen molar-refractivity contribution in [3.05, 3.63) is 52.5 Å². The Morgan fingerprint density at radius 3 is 2.64 bits per heavy atom. The number of hydrogen-bond acceptors (Lipinski definition) is 8. The van der Waals surface area contributed by atoms with E-state index in [9.17, 15) is 19.8 Å². The van der Waals surface area contributed by atoms with Crippen LogP contribution >= 0.6 is 11.6 Å². The zero-order chi connectivity index (χ0) is 25.9. The zero-order valence-corrected chi connectivity index (χ0v) is 20.3. The van der Waals surface area contributed by atoms with Crippen molar-refractivity contribution in [3.8, 4) is 17.2 Å². The van der Waals surface area contributed by atoms with Crippen molar-refractivity contribution >= 4 is 23.5 Å². The monoisotopic (exact) mass is 520 g/mol. The van der Waals surface area contributed by atoms with Crippen LogP contribution in [0.3, 0.4) is 0 Å². The van der Waals surface area contributed by atoms with Gasteiger partial charge in [0.05, 0.1) is 12.2 Å². The molecule has 1 amide bonds. The molecule has 2 aromatic rings. The number of ether oxygens (including phenoxy) is 2. The molecule has 2 heterocycles. The number of amides is 1. The standard InChI is InChI=1S/C25H29ClN2O8/c26-16-1-4-21-15(9-16)11-25(36-21)5-7-28(8-6-25)12-18(31)14-35-22-10-17(30)2-3-19(22)23(32)27-20(13-29)24(33)34/h1-4,9-10,18,20,29-31H,5-8,11-14H2,(H,27,32)(H,33,34)/t18-,20?/m0/s1. The van der Waals surface area contributed by atoms with Crippen LogP contribution in [0.15, 0.2) is 36.4 Å². The van der Waals surface area contributed by atoms with Crippen molar-refractivity contribution in [2.24, 2.45) is 0 Å². The first-order valence-electron chi connectivity index (χ1n) is 11.7. The molecule has 194 valence electrons. The number of phenols is 1. The molecule has 11 heteroatoms. The van der Waals surface area contributed by atoms with Crippen LogP contribution in [0.1, 0.15) is 28.8 Å². The molecule has 1 saturated heterocycles. The Labute approximate surface area is 213 Å². The fourth-order valence-corrected chi connectivity index (χ4v) is 4.80. The number of likely N-dealkylation sites (tertiary alicyclic amines) is 1. The number of piperidine rings is 1. The van der Waals surface area contributed by atoms with Gasteiger partial charge in [-0.25, -0.2) is 4.79 Å². The second-order valence-corrected chi connectivity index (χ2v) is 9.64. The summed E-state index contributed by atoms with van der Waals surface area (Å²) in [7, 11) is 0. The van der Waals surface area contributed by atoms with E-state index in [-0.39, 0.29) is 29.3 Å². The summed E-state index contributed by atoms with van der Waals surface area (Å²) >= 11 is 6.11. The Morgan fingerprint density at radius 1 is 1.19 bits per heavy atom. The second-order valence-electron chi connectivity index (χ2n) is 9.21. The van der Waals surface area contributed by atoms with Gasteiger partial charge in [0.1, 0.15) is 35.6 Å². The molecule has 0 aromatic heterocycles. The van der Waals surface area contributed by atoms with Gasteiger partial charge < -0.3 is 40.1 Å². The fraction of sp³-hybridized carbons (Fsp3) is 0.440. The molecule has 1 spiro atoms. The predicted octanol–water partition coefficient (Wildman–Crippen LogP) is 1.43. The number of aromatic hydroxyl groups is 1. The van der Waals surface area contributed by atoms with Crippen LogP contribution in [-0.4, -0.2) is 87.8 Å². The Bertz CT molecular complexity index is 1120. The van der Waals surface area contributed by atoms with E-state index < -0.39 is 30.6 Å². The van der Waals surface area contributed by atoms with Gasteiger partial charge in [-0.3, -0.25) is 4.79 Å². The number of aliphatic carboxylic acids is 1. The molecule has 1 unspecified atom stereocenters. The first-order chi connectivity index (χ1) is 17.2. The third-order valence-corrected chi connectivity index (χ3v) is 6.76. The van der Waals surface area contributed by atoms with Gasteiger partial charge in [-0.15, -0.1) is 0 Å². The molecule has 0 aliphatic carbocycles. The number of β-amino-alcohol motifs (C(OH)–C–C–N with tert-alkyl or cyclic N) is 1. The van der Waals surface area contributed by atoms with Gasteiger partial charge in [0, 0.05) is 50.0 Å². The minimum Gasteiger partial charge on any atom is -0.508 e. The van der Waals surface area contributed by atoms with Crippen LogP contribution in [0.2, 0.25) is 5.02 Å². The summed E-state index contributed by atoms with van der Waals surface area (Å²) < 4.78 is 11.9. The smallest absolute Gasteiger partial charge is 0.328 e. The summed E-state index contributed by atoms with van der Waals surface area (Å²) in [5.74, 6) is -1.47. The molecule has 0 saturated carbocycles.